The number of benzene rings is 1. The first kappa shape index (κ1) is 9.64. The van der Waals surface area contributed by atoms with E-state index in [-0.39, 0.29) is 11.4 Å². The zero-order chi connectivity index (χ0) is 10.8. The van der Waals surface area contributed by atoms with Gasteiger partial charge in [-0.05, 0) is 11.6 Å². The van der Waals surface area contributed by atoms with Crippen molar-refractivity contribution < 1.29 is 13.3 Å². The van der Waals surface area contributed by atoms with Gasteiger partial charge in [-0.25, -0.2) is 8.78 Å². The van der Waals surface area contributed by atoms with E-state index in [1.807, 2.05) is 0 Å². The number of alkyl halides is 1. The van der Waals surface area contributed by atoms with E-state index in [0.717, 1.165) is 0 Å². The fourth-order valence-corrected chi connectivity index (χ4v) is 1.40. The van der Waals surface area contributed by atoms with Crippen LogP contribution in [0.1, 0.15) is 5.56 Å². The van der Waals surface area contributed by atoms with Crippen molar-refractivity contribution in [2.45, 2.75) is 6.67 Å². The van der Waals surface area contributed by atoms with Gasteiger partial charge in [0.1, 0.15) is 12.5 Å². The Morgan fingerprint density at radius 2 is 2.13 bits per heavy atom. The Labute approximate surface area is 84.5 Å². The molecule has 0 aliphatic carbocycles. The van der Waals surface area contributed by atoms with E-state index in [1.54, 1.807) is 6.07 Å². The quantitative estimate of drug-likeness (QED) is 0.828. The minimum absolute atomic E-state index is 0.0348. The highest BCUT2D eigenvalue weighted by Gasteiger charge is 2.14. The highest BCUT2D eigenvalue weighted by atomic mass is 19.1. The molecule has 0 aliphatic heterocycles. The van der Waals surface area contributed by atoms with Crippen LogP contribution in [0.25, 0.3) is 11.1 Å². The highest BCUT2D eigenvalue weighted by Crippen LogP contribution is 2.30. The van der Waals surface area contributed by atoms with Gasteiger partial charge >= 0.3 is 0 Å². The molecular formula is C10H8F2N2O. The predicted octanol–water partition coefficient (Wildman–Crippen LogP) is 2.53. The van der Waals surface area contributed by atoms with Gasteiger partial charge in [0.25, 0.3) is 0 Å². The first-order valence-electron chi connectivity index (χ1n) is 4.28. The largest absolute Gasteiger partial charge is 0.367 e. The lowest BCUT2D eigenvalue weighted by molar-refractivity contribution is 0.436. The lowest BCUT2D eigenvalue weighted by Crippen LogP contribution is -1.93. The molecule has 2 aromatic rings. The third kappa shape index (κ3) is 1.56. The van der Waals surface area contributed by atoms with Crippen molar-refractivity contribution in [3.8, 4) is 11.1 Å². The Balaban J connectivity index is 2.63. The number of nitrogens with zero attached hydrogens (tertiary/aromatic N) is 1. The molecule has 0 aliphatic rings. The molecule has 2 rings (SSSR count). The van der Waals surface area contributed by atoms with E-state index in [1.165, 1.54) is 18.3 Å². The average molecular weight is 210 g/mol. The second-order valence-electron chi connectivity index (χ2n) is 3.00. The van der Waals surface area contributed by atoms with E-state index >= 15 is 0 Å². The molecule has 0 fully saturated rings. The number of hydrogen-bond donors (Lipinski definition) is 1. The fourth-order valence-electron chi connectivity index (χ4n) is 1.40. The third-order valence-corrected chi connectivity index (χ3v) is 2.14. The molecule has 0 atom stereocenters. The third-order valence-electron chi connectivity index (χ3n) is 2.14. The Hall–Kier alpha value is -1.91. The van der Waals surface area contributed by atoms with E-state index in [4.69, 9.17) is 5.73 Å². The van der Waals surface area contributed by atoms with Gasteiger partial charge in [0.05, 0.1) is 11.8 Å². The van der Waals surface area contributed by atoms with Crippen LogP contribution in [0.5, 0.6) is 0 Å². The van der Waals surface area contributed by atoms with E-state index in [9.17, 15) is 8.78 Å². The standard InChI is InChI=1S/C10H8F2N2O/c11-4-7-6(2-1-3-9(7)12)8-5-14-15-10(8)13/h1-3,5H,4,13H2. The molecule has 3 nitrogen and oxygen atoms in total. The molecule has 1 aromatic carbocycles. The second-order valence-corrected chi connectivity index (χ2v) is 3.00. The number of nitrogen functional groups attached to an aromatic ring is 1. The monoisotopic (exact) mass is 210 g/mol. The zero-order valence-electron chi connectivity index (χ0n) is 7.71. The van der Waals surface area contributed by atoms with Gasteiger partial charge in [0.15, 0.2) is 0 Å². The number of hydrogen-bond acceptors (Lipinski definition) is 3. The molecule has 2 N–H and O–H groups in total. The summed E-state index contributed by atoms with van der Waals surface area (Å²) in [6.07, 6.45) is 1.34. The van der Waals surface area contributed by atoms with Crippen molar-refractivity contribution in [2.24, 2.45) is 0 Å². The van der Waals surface area contributed by atoms with Gasteiger partial charge in [0.2, 0.25) is 5.88 Å². The number of aromatic nitrogens is 1. The number of rotatable bonds is 2. The molecule has 1 aromatic heterocycles. The number of nitrogens with two attached hydrogens (primary N) is 1. The molecule has 78 valence electrons. The maximum Gasteiger partial charge on any atom is 0.229 e. The van der Waals surface area contributed by atoms with Crippen LogP contribution in [-0.2, 0) is 6.67 Å². The van der Waals surface area contributed by atoms with E-state index in [2.05, 4.69) is 9.68 Å². The number of anilines is 1. The molecule has 0 unspecified atom stereocenters. The highest BCUT2D eigenvalue weighted by molar-refractivity contribution is 5.74. The summed E-state index contributed by atoms with van der Waals surface area (Å²) in [6, 6.07) is 4.25. The summed E-state index contributed by atoms with van der Waals surface area (Å²) in [5.74, 6) is -0.550. The Morgan fingerprint density at radius 3 is 2.73 bits per heavy atom. The molecule has 0 radical (unpaired) electrons. The summed E-state index contributed by atoms with van der Waals surface area (Å²) in [5, 5.41) is 3.46. The lowest BCUT2D eigenvalue weighted by atomic mass is 10.0. The van der Waals surface area contributed by atoms with E-state index < -0.39 is 12.5 Å². The molecule has 0 bridgehead atoms. The van der Waals surface area contributed by atoms with Crippen LogP contribution in [0.15, 0.2) is 28.9 Å². The topological polar surface area (TPSA) is 52.0 Å². The van der Waals surface area contributed by atoms with Crippen LogP contribution in [0.2, 0.25) is 0 Å². The maximum atomic E-state index is 13.2. The summed E-state index contributed by atoms with van der Waals surface area (Å²) in [4.78, 5) is 0. The van der Waals surface area contributed by atoms with Crippen molar-refractivity contribution in [3.05, 3.63) is 35.8 Å². The Bertz CT molecular complexity index is 482. The smallest absolute Gasteiger partial charge is 0.229 e. The van der Waals surface area contributed by atoms with Crippen LogP contribution in [0.3, 0.4) is 0 Å². The van der Waals surface area contributed by atoms with Gasteiger partial charge < -0.3 is 10.3 Å². The van der Waals surface area contributed by atoms with Gasteiger partial charge in [-0.2, -0.15) is 0 Å². The van der Waals surface area contributed by atoms with Crippen LogP contribution >= 0.6 is 0 Å². The lowest BCUT2D eigenvalue weighted by Gasteiger charge is -2.05. The molecule has 1 heterocycles. The second kappa shape index (κ2) is 3.68. The summed E-state index contributed by atoms with van der Waals surface area (Å²) in [7, 11) is 0. The zero-order valence-corrected chi connectivity index (χ0v) is 7.71. The average Bonchev–Trinajstić information content (AvgIpc) is 2.64. The molecule has 5 heteroatoms. The minimum atomic E-state index is -0.896. The Kier molecular flexibility index (Phi) is 2.37. The normalized spacial score (nSPS) is 10.5. The van der Waals surface area contributed by atoms with Crippen molar-refractivity contribution in [1.29, 1.82) is 0 Å². The van der Waals surface area contributed by atoms with Crippen LogP contribution in [0, 0.1) is 5.82 Å². The van der Waals surface area contributed by atoms with Crippen molar-refractivity contribution in [3.63, 3.8) is 0 Å². The summed E-state index contributed by atoms with van der Waals surface area (Å²) in [5.41, 5.74) is 6.21. The van der Waals surface area contributed by atoms with Gasteiger partial charge in [0, 0.05) is 5.56 Å². The van der Waals surface area contributed by atoms with Crippen molar-refractivity contribution >= 4 is 5.88 Å². The Morgan fingerprint density at radius 1 is 1.33 bits per heavy atom. The first-order chi connectivity index (χ1) is 7.24. The van der Waals surface area contributed by atoms with Crippen LogP contribution in [0.4, 0.5) is 14.7 Å². The first-order valence-corrected chi connectivity index (χ1v) is 4.28. The summed E-state index contributed by atoms with van der Waals surface area (Å²) >= 11 is 0. The van der Waals surface area contributed by atoms with Gasteiger partial charge in [-0.1, -0.05) is 17.3 Å². The molecule has 0 amide bonds. The summed E-state index contributed by atoms with van der Waals surface area (Å²) in [6.45, 7) is -0.896. The van der Waals surface area contributed by atoms with Crippen LogP contribution in [-0.4, -0.2) is 5.16 Å². The van der Waals surface area contributed by atoms with Gasteiger partial charge in [-0.3, -0.25) is 0 Å². The molecule has 15 heavy (non-hydrogen) atoms. The molecule has 0 saturated heterocycles. The number of halogens is 2. The maximum absolute atomic E-state index is 13.2. The SMILES string of the molecule is Nc1oncc1-c1cccc(F)c1CF. The van der Waals surface area contributed by atoms with E-state index in [0.29, 0.717) is 11.1 Å². The molecule has 0 saturated carbocycles. The summed E-state index contributed by atoms with van der Waals surface area (Å²) < 4.78 is 30.5. The molecular weight excluding hydrogens is 202 g/mol. The van der Waals surface area contributed by atoms with Gasteiger partial charge in [-0.15, -0.1) is 0 Å². The van der Waals surface area contributed by atoms with Crippen molar-refractivity contribution in [2.75, 3.05) is 5.73 Å². The molecule has 0 spiro atoms. The van der Waals surface area contributed by atoms with Crippen LogP contribution < -0.4 is 5.73 Å². The minimum Gasteiger partial charge on any atom is -0.367 e. The fraction of sp³-hybridized carbons (Fsp3) is 0.100. The van der Waals surface area contributed by atoms with Crippen molar-refractivity contribution in [1.82, 2.24) is 5.16 Å². The predicted molar refractivity (Wildman–Crippen MR) is 51.1 cm³/mol.